The quantitative estimate of drug-likeness (QED) is 0.291. The number of ketones is 1. The van der Waals surface area contributed by atoms with E-state index in [1.807, 2.05) is 6.92 Å². The van der Waals surface area contributed by atoms with Gasteiger partial charge in [-0.05, 0) is 47.9 Å². The van der Waals surface area contributed by atoms with Crippen molar-refractivity contribution in [2.45, 2.75) is 38.6 Å². The molecular weight excluding hydrogens is 448 g/mol. The maximum atomic E-state index is 14.4. The number of halogens is 4. The van der Waals surface area contributed by atoms with Gasteiger partial charge in [-0.15, -0.1) is 0 Å². The Morgan fingerprint density at radius 1 is 1.06 bits per heavy atom. The number of carbonyl (C=O) groups excluding carboxylic acids is 1. The van der Waals surface area contributed by atoms with E-state index in [4.69, 9.17) is 4.74 Å². The summed E-state index contributed by atoms with van der Waals surface area (Å²) in [7, 11) is 0. The number of alkyl halides is 3. The van der Waals surface area contributed by atoms with Gasteiger partial charge in [0, 0.05) is 43.9 Å². The van der Waals surface area contributed by atoms with Crippen LogP contribution in [0.3, 0.4) is 0 Å². The average Bonchev–Trinajstić information content (AvgIpc) is 2.78. The topological polar surface area (TPSA) is 42.4 Å². The van der Waals surface area contributed by atoms with Crippen molar-refractivity contribution in [2.24, 2.45) is 0 Å². The minimum atomic E-state index is -4.33. The molecule has 0 N–H and O–H groups in total. The first-order valence-corrected chi connectivity index (χ1v) is 11.1. The van der Waals surface area contributed by atoms with Crippen LogP contribution in [0.2, 0.25) is 0 Å². The summed E-state index contributed by atoms with van der Waals surface area (Å²) in [4.78, 5) is 18.3. The van der Waals surface area contributed by atoms with Crippen molar-refractivity contribution in [3.8, 4) is 17.0 Å². The molecule has 34 heavy (non-hydrogen) atoms. The van der Waals surface area contributed by atoms with Crippen LogP contribution in [-0.4, -0.2) is 34.9 Å². The van der Waals surface area contributed by atoms with Gasteiger partial charge in [-0.3, -0.25) is 9.69 Å². The van der Waals surface area contributed by atoms with Gasteiger partial charge < -0.3 is 4.74 Å². The monoisotopic (exact) mass is 472 g/mol. The summed E-state index contributed by atoms with van der Waals surface area (Å²) in [5.41, 5.74) is 1.58. The Morgan fingerprint density at radius 2 is 1.76 bits per heavy atom. The standard InChI is InChI=1S/C26H24F4N2O2/c1-2-3-24(33)22-10-6-18(12-23(22)27)19-7-11-25(31-13-19)34-21-15-32(16-21)14-17-4-8-20(9-5-17)26(28,29)30/h4-13,21H,2-3,14-16H2,1H3. The van der Waals surface area contributed by atoms with Crippen LogP contribution in [-0.2, 0) is 12.7 Å². The molecule has 0 saturated carbocycles. The summed E-state index contributed by atoms with van der Waals surface area (Å²) in [5.74, 6) is -0.307. The number of carbonyl (C=O) groups is 1. The van der Waals surface area contributed by atoms with E-state index in [0.717, 1.165) is 17.7 Å². The van der Waals surface area contributed by atoms with Crippen LogP contribution >= 0.6 is 0 Å². The molecule has 8 heteroatoms. The zero-order valence-corrected chi connectivity index (χ0v) is 18.6. The lowest BCUT2D eigenvalue weighted by Crippen LogP contribution is -2.53. The molecule has 178 valence electrons. The lowest BCUT2D eigenvalue weighted by Gasteiger charge is -2.38. The van der Waals surface area contributed by atoms with Gasteiger partial charge in [0.1, 0.15) is 11.9 Å². The van der Waals surface area contributed by atoms with Crippen molar-refractivity contribution < 1.29 is 27.1 Å². The summed E-state index contributed by atoms with van der Waals surface area (Å²) in [6.07, 6.45) is -1.82. The highest BCUT2D eigenvalue weighted by atomic mass is 19.4. The zero-order valence-electron chi connectivity index (χ0n) is 18.6. The molecular formula is C26H24F4N2O2. The summed E-state index contributed by atoms with van der Waals surface area (Å²) >= 11 is 0. The Labute approximate surface area is 195 Å². The third kappa shape index (κ3) is 5.62. The minimum absolute atomic E-state index is 0.0610. The minimum Gasteiger partial charge on any atom is -0.472 e. The lowest BCUT2D eigenvalue weighted by atomic mass is 10.0. The fraction of sp³-hybridized carbons (Fsp3) is 0.308. The van der Waals surface area contributed by atoms with Crippen LogP contribution in [0, 0.1) is 5.82 Å². The van der Waals surface area contributed by atoms with E-state index in [0.29, 0.717) is 49.5 Å². The third-order valence-corrected chi connectivity index (χ3v) is 5.71. The number of nitrogens with zero attached hydrogens (tertiary/aromatic N) is 2. The number of benzene rings is 2. The Balaban J connectivity index is 1.29. The first-order valence-electron chi connectivity index (χ1n) is 11.1. The van der Waals surface area contributed by atoms with Crippen molar-refractivity contribution in [1.29, 1.82) is 0 Å². The highest BCUT2D eigenvalue weighted by molar-refractivity contribution is 5.96. The normalized spacial score (nSPS) is 14.6. The Morgan fingerprint density at radius 3 is 2.35 bits per heavy atom. The van der Waals surface area contributed by atoms with Crippen LogP contribution in [0.5, 0.6) is 5.88 Å². The number of aromatic nitrogens is 1. The van der Waals surface area contributed by atoms with Crippen molar-refractivity contribution >= 4 is 5.78 Å². The molecule has 0 unspecified atom stereocenters. The number of ether oxygens (including phenoxy) is 1. The highest BCUT2D eigenvalue weighted by Crippen LogP contribution is 2.30. The number of hydrogen-bond acceptors (Lipinski definition) is 4. The molecule has 0 amide bonds. The van der Waals surface area contributed by atoms with E-state index >= 15 is 0 Å². The predicted octanol–water partition coefficient (Wildman–Crippen LogP) is 6.15. The summed E-state index contributed by atoms with van der Waals surface area (Å²) in [6.45, 7) is 3.71. The van der Waals surface area contributed by atoms with Crippen LogP contribution in [0.1, 0.15) is 41.3 Å². The van der Waals surface area contributed by atoms with Gasteiger partial charge in [0.15, 0.2) is 5.78 Å². The molecule has 0 aliphatic carbocycles. The Hall–Kier alpha value is -3.26. The fourth-order valence-corrected chi connectivity index (χ4v) is 3.86. The summed E-state index contributed by atoms with van der Waals surface area (Å²) in [5, 5.41) is 0. The molecule has 0 bridgehead atoms. The van der Waals surface area contributed by atoms with Gasteiger partial charge in [0.05, 0.1) is 11.1 Å². The van der Waals surface area contributed by atoms with E-state index in [-0.39, 0.29) is 17.5 Å². The van der Waals surface area contributed by atoms with Gasteiger partial charge in [0.25, 0.3) is 0 Å². The van der Waals surface area contributed by atoms with Crippen LogP contribution in [0.15, 0.2) is 60.8 Å². The molecule has 1 aliphatic rings. The second kappa shape index (κ2) is 9.93. The molecule has 2 heterocycles. The van der Waals surface area contributed by atoms with Gasteiger partial charge in [-0.25, -0.2) is 9.37 Å². The van der Waals surface area contributed by atoms with Gasteiger partial charge in [0.2, 0.25) is 5.88 Å². The van der Waals surface area contributed by atoms with Gasteiger partial charge >= 0.3 is 6.18 Å². The number of pyridine rings is 1. The Kier molecular flexibility index (Phi) is 6.97. The summed E-state index contributed by atoms with van der Waals surface area (Å²) < 4.78 is 58.2. The smallest absolute Gasteiger partial charge is 0.416 e. The first kappa shape index (κ1) is 23.9. The highest BCUT2D eigenvalue weighted by Gasteiger charge is 2.31. The molecule has 4 rings (SSSR count). The zero-order chi connectivity index (χ0) is 24.3. The van der Waals surface area contributed by atoms with E-state index < -0.39 is 17.6 Å². The molecule has 2 aromatic carbocycles. The third-order valence-electron chi connectivity index (χ3n) is 5.71. The van der Waals surface area contributed by atoms with Crippen LogP contribution in [0.4, 0.5) is 17.6 Å². The van der Waals surface area contributed by atoms with Crippen LogP contribution < -0.4 is 4.74 Å². The van der Waals surface area contributed by atoms with Gasteiger partial charge in [-0.1, -0.05) is 25.1 Å². The largest absolute Gasteiger partial charge is 0.472 e. The SMILES string of the molecule is CCCC(=O)c1ccc(-c2ccc(OC3CN(Cc4ccc(C(F)(F)F)cc4)C3)nc2)cc1F. The lowest BCUT2D eigenvalue weighted by molar-refractivity contribution is -0.137. The number of rotatable bonds is 8. The van der Waals surface area contributed by atoms with Crippen molar-refractivity contribution in [2.75, 3.05) is 13.1 Å². The average molecular weight is 472 g/mol. The predicted molar refractivity (Wildman–Crippen MR) is 120 cm³/mol. The van der Waals surface area contributed by atoms with Crippen molar-refractivity contribution in [3.63, 3.8) is 0 Å². The second-order valence-corrected chi connectivity index (χ2v) is 8.38. The molecule has 0 atom stereocenters. The second-order valence-electron chi connectivity index (χ2n) is 8.38. The first-order chi connectivity index (χ1) is 16.2. The maximum Gasteiger partial charge on any atom is 0.416 e. The van der Waals surface area contributed by atoms with Crippen molar-refractivity contribution in [3.05, 3.63) is 83.3 Å². The molecule has 1 fully saturated rings. The van der Waals surface area contributed by atoms with Crippen LogP contribution in [0.25, 0.3) is 11.1 Å². The maximum absolute atomic E-state index is 14.4. The number of likely N-dealkylation sites (tertiary alicyclic amines) is 1. The molecule has 3 aromatic rings. The molecule has 0 radical (unpaired) electrons. The number of Topliss-reactive ketones (excluding diaryl/α,β-unsaturated/α-hetero) is 1. The van der Waals surface area contributed by atoms with Crippen molar-refractivity contribution in [1.82, 2.24) is 9.88 Å². The van der Waals surface area contributed by atoms with E-state index in [2.05, 4.69) is 9.88 Å². The van der Waals surface area contributed by atoms with E-state index in [9.17, 15) is 22.4 Å². The molecule has 1 aromatic heterocycles. The fourth-order valence-electron chi connectivity index (χ4n) is 3.86. The Bertz CT molecular complexity index is 1140. The molecule has 4 nitrogen and oxygen atoms in total. The van der Waals surface area contributed by atoms with Gasteiger partial charge in [-0.2, -0.15) is 13.2 Å². The van der Waals surface area contributed by atoms with E-state index in [1.165, 1.54) is 24.3 Å². The summed E-state index contributed by atoms with van der Waals surface area (Å²) in [6, 6.07) is 13.2. The molecule has 1 saturated heterocycles. The molecule has 1 aliphatic heterocycles. The number of hydrogen-bond donors (Lipinski definition) is 0. The van der Waals surface area contributed by atoms with E-state index in [1.54, 1.807) is 24.4 Å². The molecule has 0 spiro atoms.